The number of carbonyl (C=O) groups excluding carboxylic acids is 3. The smallest absolute Gasteiger partial charge is 0.326 e. The van der Waals surface area contributed by atoms with Gasteiger partial charge in [0.25, 0.3) is 0 Å². The molecule has 1 aromatic heterocycles. The lowest BCUT2D eigenvalue weighted by Crippen LogP contribution is -2.57. The Balaban J connectivity index is 2.08. The highest BCUT2D eigenvalue weighted by Crippen LogP contribution is 2.19. The zero-order chi connectivity index (χ0) is 30.5. The van der Waals surface area contributed by atoms with Crippen LogP contribution in [0.15, 0.2) is 35.5 Å². The van der Waals surface area contributed by atoms with E-state index in [1.807, 2.05) is 12.1 Å². The normalized spacial score (nSPS) is 13.8. The molecule has 0 saturated heterocycles. The minimum absolute atomic E-state index is 0.0684. The lowest BCUT2D eigenvalue weighted by Gasteiger charge is -2.24. The quantitative estimate of drug-likeness (QED) is 0.0436. The molecule has 2 aromatic rings. The van der Waals surface area contributed by atoms with Gasteiger partial charge in [0, 0.05) is 42.2 Å². The zero-order valence-electron chi connectivity index (χ0n) is 22.2. The molecule has 2 rings (SSSR count). The molecule has 1 aromatic carbocycles. The van der Waals surface area contributed by atoms with Crippen molar-refractivity contribution in [2.45, 2.75) is 56.3 Å². The van der Waals surface area contributed by atoms with Crippen molar-refractivity contribution in [3.63, 3.8) is 0 Å². The van der Waals surface area contributed by atoms with Crippen molar-refractivity contribution in [2.24, 2.45) is 22.2 Å². The van der Waals surface area contributed by atoms with Crippen LogP contribution in [0.2, 0.25) is 0 Å². The number of para-hydroxylation sites is 1. The molecule has 0 spiro atoms. The van der Waals surface area contributed by atoms with E-state index in [-0.39, 0.29) is 37.5 Å². The number of aromatic amines is 1. The second kappa shape index (κ2) is 16.1. The van der Waals surface area contributed by atoms with E-state index in [9.17, 15) is 29.1 Å². The van der Waals surface area contributed by atoms with E-state index in [1.165, 1.54) is 0 Å². The van der Waals surface area contributed by atoms with Crippen LogP contribution in [0.1, 0.15) is 31.2 Å². The topological polar surface area (TPSA) is 268 Å². The van der Waals surface area contributed by atoms with E-state index >= 15 is 0 Å². The van der Waals surface area contributed by atoms with Crippen molar-refractivity contribution in [3.8, 4) is 0 Å². The van der Waals surface area contributed by atoms with E-state index < -0.39 is 60.2 Å². The number of amides is 3. The molecule has 15 nitrogen and oxygen atoms in total. The summed E-state index contributed by atoms with van der Waals surface area (Å²) in [7, 11) is 0. The van der Waals surface area contributed by atoms with Crippen LogP contribution >= 0.6 is 12.6 Å². The van der Waals surface area contributed by atoms with Crippen LogP contribution in [0.5, 0.6) is 0 Å². The number of carboxylic acids is 2. The molecule has 0 aliphatic heterocycles. The van der Waals surface area contributed by atoms with Crippen molar-refractivity contribution in [3.05, 3.63) is 36.0 Å². The lowest BCUT2D eigenvalue weighted by atomic mass is 10.0. The first-order chi connectivity index (χ1) is 19.4. The zero-order valence-corrected chi connectivity index (χ0v) is 23.1. The summed E-state index contributed by atoms with van der Waals surface area (Å²) >= 11 is 4.09. The molecule has 3 amide bonds. The number of aliphatic imine (C=N–C) groups is 1. The first-order valence-electron chi connectivity index (χ1n) is 12.8. The number of guanidine groups is 1. The Morgan fingerprint density at radius 2 is 1.56 bits per heavy atom. The van der Waals surface area contributed by atoms with Gasteiger partial charge in [-0.2, -0.15) is 12.6 Å². The van der Waals surface area contributed by atoms with Crippen molar-refractivity contribution in [1.29, 1.82) is 0 Å². The minimum atomic E-state index is -1.41. The fourth-order valence-electron chi connectivity index (χ4n) is 3.93. The first-order valence-corrected chi connectivity index (χ1v) is 13.4. The van der Waals surface area contributed by atoms with Gasteiger partial charge in [-0.1, -0.05) is 18.2 Å². The summed E-state index contributed by atoms with van der Waals surface area (Å²) in [5.74, 6) is -5.17. The molecule has 41 heavy (non-hydrogen) atoms. The molecule has 0 aliphatic rings. The first kappa shape index (κ1) is 32.9. The number of hydrogen-bond acceptors (Lipinski definition) is 8. The van der Waals surface area contributed by atoms with Gasteiger partial charge < -0.3 is 48.3 Å². The van der Waals surface area contributed by atoms with Gasteiger partial charge in [-0.25, -0.2) is 4.79 Å². The van der Waals surface area contributed by atoms with E-state index in [1.54, 1.807) is 18.3 Å². The summed E-state index contributed by atoms with van der Waals surface area (Å²) in [6, 6.07) is 2.27. The van der Waals surface area contributed by atoms with Gasteiger partial charge in [-0.15, -0.1) is 0 Å². The van der Waals surface area contributed by atoms with Crippen LogP contribution in [0.3, 0.4) is 0 Å². The molecule has 4 atom stereocenters. The third-order valence-electron chi connectivity index (χ3n) is 6.11. The Labute approximate surface area is 241 Å². The average Bonchev–Trinajstić information content (AvgIpc) is 3.33. The van der Waals surface area contributed by atoms with Gasteiger partial charge in [0.15, 0.2) is 5.96 Å². The number of H-pyrrole nitrogens is 1. The van der Waals surface area contributed by atoms with Gasteiger partial charge in [0.1, 0.15) is 18.1 Å². The average molecular weight is 593 g/mol. The fourth-order valence-corrected chi connectivity index (χ4v) is 4.18. The number of aliphatic carboxylic acids is 2. The summed E-state index contributed by atoms with van der Waals surface area (Å²) in [4.78, 5) is 68.5. The minimum Gasteiger partial charge on any atom is -0.481 e. The molecule has 224 valence electrons. The summed E-state index contributed by atoms with van der Waals surface area (Å²) in [6.45, 7) is 0.262. The molecule has 0 fully saturated rings. The van der Waals surface area contributed by atoms with Gasteiger partial charge >= 0.3 is 11.9 Å². The maximum atomic E-state index is 13.1. The molecule has 0 aliphatic carbocycles. The number of carboxylic acid groups (broad SMARTS) is 2. The van der Waals surface area contributed by atoms with E-state index in [0.717, 1.165) is 10.9 Å². The number of benzene rings is 1. The Hall–Kier alpha value is -4.31. The molecular formula is C25H36N8O7S. The second-order valence-corrected chi connectivity index (χ2v) is 9.62. The number of nitrogens with two attached hydrogens (primary N) is 3. The fraction of sp³-hybridized carbons (Fsp3) is 0.440. The summed E-state index contributed by atoms with van der Waals surface area (Å²) in [6.07, 6.45) is 1.38. The monoisotopic (exact) mass is 592 g/mol. The molecular weight excluding hydrogens is 556 g/mol. The van der Waals surface area contributed by atoms with Gasteiger partial charge in [0.05, 0.1) is 6.04 Å². The number of hydrogen-bond donors (Lipinski definition) is 10. The van der Waals surface area contributed by atoms with Gasteiger partial charge in [-0.3, -0.25) is 24.2 Å². The number of carbonyl (C=O) groups is 5. The van der Waals surface area contributed by atoms with Crippen LogP contribution in [0, 0.1) is 0 Å². The van der Waals surface area contributed by atoms with Crippen molar-refractivity contribution < 1.29 is 34.2 Å². The SMILES string of the molecule is NC(N)=NCCCC(N)C(=O)NC(CS)C(=O)NC(CCC(=O)O)C(=O)NC(Cc1c[nH]c2ccccc12)C(=O)O. The van der Waals surface area contributed by atoms with E-state index in [0.29, 0.717) is 12.0 Å². The Bertz CT molecular complexity index is 1260. The predicted octanol–water partition coefficient (Wildman–Crippen LogP) is -1.58. The number of rotatable bonds is 17. The summed E-state index contributed by atoms with van der Waals surface area (Å²) < 4.78 is 0. The predicted molar refractivity (Wildman–Crippen MR) is 154 cm³/mol. The van der Waals surface area contributed by atoms with Crippen LogP contribution in [0.4, 0.5) is 0 Å². The van der Waals surface area contributed by atoms with Crippen molar-refractivity contribution >= 4 is 59.2 Å². The third kappa shape index (κ3) is 10.6. The van der Waals surface area contributed by atoms with Crippen LogP contribution < -0.4 is 33.2 Å². The van der Waals surface area contributed by atoms with Gasteiger partial charge in [-0.05, 0) is 30.9 Å². The molecule has 0 radical (unpaired) electrons. The van der Waals surface area contributed by atoms with Crippen molar-refractivity contribution in [1.82, 2.24) is 20.9 Å². The molecule has 16 heteroatoms. The summed E-state index contributed by atoms with van der Waals surface area (Å²) in [5, 5.41) is 26.9. The molecule has 12 N–H and O–H groups in total. The van der Waals surface area contributed by atoms with Crippen LogP contribution in [0.25, 0.3) is 10.9 Å². The Morgan fingerprint density at radius 1 is 0.927 bits per heavy atom. The van der Waals surface area contributed by atoms with Crippen LogP contribution in [-0.4, -0.2) is 87.3 Å². The third-order valence-corrected chi connectivity index (χ3v) is 6.48. The summed E-state index contributed by atoms with van der Waals surface area (Å²) in [5.41, 5.74) is 17.8. The number of thiol groups is 1. The number of nitrogens with one attached hydrogen (secondary N) is 4. The van der Waals surface area contributed by atoms with E-state index in [2.05, 4.69) is 38.6 Å². The van der Waals surface area contributed by atoms with Crippen molar-refractivity contribution in [2.75, 3.05) is 12.3 Å². The molecule has 0 bridgehead atoms. The van der Waals surface area contributed by atoms with E-state index in [4.69, 9.17) is 22.3 Å². The van der Waals surface area contributed by atoms with Gasteiger partial charge in [0.2, 0.25) is 17.7 Å². The highest BCUT2D eigenvalue weighted by molar-refractivity contribution is 7.80. The Morgan fingerprint density at radius 3 is 2.20 bits per heavy atom. The lowest BCUT2D eigenvalue weighted by molar-refractivity contribution is -0.143. The molecule has 4 unspecified atom stereocenters. The highest BCUT2D eigenvalue weighted by atomic mass is 32.1. The number of fused-ring (bicyclic) bond motifs is 1. The maximum Gasteiger partial charge on any atom is 0.326 e. The van der Waals surface area contributed by atoms with Crippen LogP contribution in [-0.2, 0) is 30.4 Å². The number of aromatic nitrogens is 1. The highest BCUT2D eigenvalue weighted by Gasteiger charge is 2.30. The Kier molecular flexibility index (Phi) is 12.9. The number of nitrogens with zero attached hydrogens (tertiary/aromatic N) is 1. The second-order valence-electron chi connectivity index (χ2n) is 9.26. The maximum absolute atomic E-state index is 13.1. The largest absolute Gasteiger partial charge is 0.481 e. The molecule has 1 heterocycles. The molecule has 0 saturated carbocycles. The standard InChI is InChI=1S/C25H36N8O7S/c26-15(5-3-9-29-25(27)28)21(36)33-19(12-41)23(38)31-17(7-8-20(34)35)22(37)32-18(24(39)40)10-13-11-30-16-6-2-1-4-14(13)16/h1-2,4,6,11,15,17-19,30,41H,3,5,7-10,12,26H2,(H,31,38)(H,32,37)(H,33,36)(H,34,35)(H,39,40)(H4,27,28,29).